The molecule has 2 heterocycles. The predicted octanol–water partition coefficient (Wildman–Crippen LogP) is 0.847. The molecule has 0 aliphatic heterocycles. The molecule has 0 bridgehead atoms. The quantitative estimate of drug-likeness (QED) is 0.544. The van der Waals surface area contributed by atoms with E-state index in [4.69, 9.17) is 4.74 Å². The molecule has 4 rings (SSSR count). The van der Waals surface area contributed by atoms with Crippen LogP contribution in [0, 0.1) is 11.6 Å². The van der Waals surface area contributed by atoms with E-state index in [1.54, 1.807) is 0 Å². The Morgan fingerprint density at radius 1 is 0.962 bits per heavy atom. The predicted molar refractivity (Wildman–Crippen MR) is 88.4 cm³/mol. The molecule has 2 aromatic carbocycles. The van der Waals surface area contributed by atoms with Crippen LogP contribution in [0.1, 0.15) is 5.56 Å². The number of nitrogens with zero attached hydrogens (tertiary/aromatic N) is 3. The van der Waals surface area contributed by atoms with Crippen LogP contribution in [0.3, 0.4) is 0 Å². The van der Waals surface area contributed by atoms with Gasteiger partial charge in [-0.25, -0.2) is 22.9 Å². The lowest BCUT2D eigenvalue weighted by Crippen LogP contribution is -2.31. The van der Waals surface area contributed by atoms with Crippen LogP contribution in [0.2, 0.25) is 0 Å². The van der Waals surface area contributed by atoms with Gasteiger partial charge in [0.2, 0.25) is 0 Å². The van der Waals surface area contributed by atoms with E-state index < -0.39 is 40.7 Å². The van der Waals surface area contributed by atoms with Crippen molar-refractivity contribution in [1.29, 1.82) is 0 Å². The minimum absolute atomic E-state index is 0.128. The van der Waals surface area contributed by atoms with Crippen molar-refractivity contribution in [3.8, 4) is 5.75 Å². The molecule has 9 heteroatoms. The number of hydrogen-bond donors (Lipinski definition) is 0. The molecular weight excluding hydrogens is 348 g/mol. The van der Waals surface area contributed by atoms with Gasteiger partial charge < -0.3 is 4.74 Å². The Bertz CT molecular complexity index is 1320. The summed E-state index contributed by atoms with van der Waals surface area (Å²) in [4.78, 5) is 37.7. The first-order valence-electron chi connectivity index (χ1n) is 7.55. The summed E-state index contributed by atoms with van der Waals surface area (Å²) < 4.78 is 34.9. The van der Waals surface area contributed by atoms with Crippen molar-refractivity contribution < 1.29 is 13.5 Å². The fraction of sp³-hybridized carbons (Fsp3) is 0.118. The first-order chi connectivity index (χ1) is 12.4. The average Bonchev–Trinajstić information content (AvgIpc) is 3.05. The van der Waals surface area contributed by atoms with Crippen LogP contribution in [0.4, 0.5) is 8.78 Å². The minimum atomic E-state index is -0.974. The smallest absolute Gasteiger partial charge is 0.355 e. The van der Waals surface area contributed by atoms with Gasteiger partial charge in [0.05, 0.1) is 24.6 Å². The van der Waals surface area contributed by atoms with E-state index in [-0.39, 0.29) is 10.9 Å². The second-order valence-corrected chi connectivity index (χ2v) is 5.66. The van der Waals surface area contributed by atoms with Gasteiger partial charge in [0.15, 0.2) is 0 Å². The zero-order valence-corrected chi connectivity index (χ0v) is 13.4. The Morgan fingerprint density at radius 2 is 1.62 bits per heavy atom. The van der Waals surface area contributed by atoms with Crippen LogP contribution in [-0.2, 0) is 6.54 Å². The molecule has 0 saturated carbocycles. The van der Waals surface area contributed by atoms with E-state index in [9.17, 15) is 23.2 Å². The average molecular weight is 359 g/mol. The van der Waals surface area contributed by atoms with Crippen molar-refractivity contribution in [3.05, 3.63) is 84.9 Å². The largest absolute Gasteiger partial charge is 0.497 e. The summed E-state index contributed by atoms with van der Waals surface area (Å²) in [7, 11) is 1.42. The van der Waals surface area contributed by atoms with Crippen LogP contribution < -0.4 is 21.7 Å². The number of hydrogen-bond acceptors (Lipinski definition) is 4. The first-order valence-corrected chi connectivity index (χ1v) is 7.55. The third-order valence-electron chi connectivity index (χ3n) is 4.26. The maximum absolute atomic E-state index is 13.8. The van der Waals surface area contributed by atoms with Gasteiger partial charge >= 0.3 is 11.4 Å². The molecule has 0 aliphatic rings. The molecule has 132 valence electrons. The van der Waals surface area contributed by atoms with Crippen LogP contribution in [0.15, 0.2) is 50.8 Å². The normalized spacial score (nSPS) is 11.5. The van der Waals surface area contributed by atoms with Crippen LogP contribution in [0.5, 0.6) is 5.75 Å². The van der Waals surface area contributed by atoms with E-state index in [1.807, 2.05) is 0 Å². The molecule has 7 nitrogen and oxygen atoms in total. The fourth-order valence-electron chi connectivity index (χ4n) is 2.96. The lowest BCUT2D eigenvalue weighted by molar-refractivity contribution is 0.415. The molecule has 4 aromatic rings. The third kappa shape index (κ3) is 2.06. The molecule has 0 fully saturated rings. The van der Waals surface area contributed by atoms with Crippen LogP contribution >= 0.6 is 0 Å². The molecule has 2 aromatic heterocycles. The van der Waals surface area contributed by atoms with E-state index in [1.165, 1.54) is 31.4 Å². The number of benzene rings is 2. The number of methoxy groups -OCH3 is 1. The van der Waals surface area contributed by atoms with Crippen molar-refractivity contribution in [3.63, 3.8) is 0 Å². The topological polar surface area (TPSA) is 74.2 Å². The van der Waals surface area contributed by atoms with Gasteiger partial charge in [-0.3, -0.25) is 4.79 Å². The van der Waals surface area contributed by atoms with Crippen molar-refractivity contribution in [2.45, 2.75) is 6.54 Å². The fourth-order valence-corrected chi connectivity index (χ4v) is 2.96. The second kappa shape index (κ2) is 5.51. The lowest BCUT2D eigenvalue weighted by Gasteiger charge is -2.03. The van der Waals surface area contributed by atoms with Gasteiger partial charge in [0, 0.05) is 5.56 Å². The number of ether oxygens (including phenoxy) is 1. The molecule has 0 spiro atoms. The van der Waals surface area contributed by atoms with Crippen molar-refractivity contribution >= 4 is 10.9 Å². The molecule has 0 amide bonds. The summed E-state index contributed by atoms with van der Waals surface area (Å²) in [5.41, 5.74) is -2.79. The lowest BCUT2D eigenvalue weighted by atomic mass is 10.2. The molecule has 0 N–H and O–H groups in total. The molecule has 0 saturated heterocycles. The molecule has 0 atom stereocenters. The summed E-state index contributed by atoms with van der Waals surface area (Å²) in [5.74, 6) is -1.38. The van der Waals surface area contributed by atoms with Crippen molar-refractivity contribution in [1.82, 2.24) is 13.6 Å². The Balaban J connectivity index is 2.02. The standard InChI is InChI=1S/C17H11F2N3O4/c1-26-9-5-6-14-10(7-9)15(23)22-17(25)20(16(24)21(14)22)8-11-12(18)3-2-4-13(11)19/h2-7H,8H2,1H3. The highest BCUT2D eigenvalue weighted by molar-refractivity contribution is 5.80. The summed E-state index contributed by atoms with van der Waals surface area (Å²) in [6.07, 6.45) is 0. The van der Waals surface area contributed by atoms with Gasteiger partial charge in [-0.2, -0.15) is 9.03 Å². The van der Waals surface area contributed by atoms with Gasteiger partial charge in [-0.15, -0.1) is 0 Å². The molecular formula is C17H11F2N3O4. The van der Waals surface area contributed by atoms with Gasteiger partial charge in [-0.05, 0) is 30.3 Å². The van der Waals surface area contributed by atoms with E-state index in [0.717, 1.165) is 16.6 Å². The highest BCUT2D eigenvalue weighted by Gasteiger charge is 2.21. The number of fused-ring (bicyclic) bond motifs is 3. The number of rotatable bonds is 3. The molecule has 0 radical (unpaired) electrons. The van der Waals surface area contributed by atoms with Crippen LogP contribution in [0.25, 0.3) is 10.9 Å². The maximum Gasteiger partial charge on any atom is 0.355 e. The molecule has 0 aliphatic carbocycles. The minimum Gasteiger partial charge on any atom is -0.497 e. The van der Waals surface area contributed by atoms with Gasteiger partial charge in [0.1, 0.15) is 17.4 Å². The second-order valence-electron chi connectivity index (χ2n) is 5.66. The highest BCUT2D eigenvalue weighted by Crippen LogP contribution is 2.17. The Kier molecular flexibility index (Phi) is 3.39. The summed E-state index contributed by atoms with van der Waals surface area (Å²) in [5, 5.41) is 0.128. The Morgan fingerprint density at radius 3 is 2.27 bits per heavy atom. The monoisotopic (exact) mass is 359 g/mol. The van der Waals surface area contributed by atoms with Gasteiger partial charge in [0.25, 0.3) is 5.56 Å². The third-order valence-corrected chi connectivity index (χ3v) is 4.26. The SMILES string of the molecule is COc1ccc2c(c1)c(=O)n1c(=O)n(Cc3c(F)cccc3F)c(=O)n21. The molecule has 26 heavy (non-hydrogen) atoms. The zero-order valence-electron chi connectivity index (χ0n) is 13.4. The first kappa shape index (κ1) is 16.0. The Labute approximate surface area is 143 Å². The number of aromatic nitrogens is 3. The molecule has 0 unspecified atom stereocenters. The van der Waals surface area contributed by atoms with E-state index in [0.29, 0.717) is 14.8 Å². The zero-order chi connectivity index (χ0) is 18.6. The maximum atomic E-state index is 13.8. The van der Waals surface area contributed by atoms with E-state index in [2.05, 4.69) is 0 Å². The summed E-state index contributed by atoms with van der Waals surface area (Å²) in [6.45, 7) is -0.623. The Hall–Kier alpha value is -3.49. The van der Waals surface area contributed by atoms with Crippen molar-refractivity contribution in [2.24, 2.45) is 0 Å². The summed E-state index contributed by atoms with van der Waals surface area (Å²) in [6, 6.07) is 7.64. The van der Waals surface area contributed by atoms with Gasteiger partial charge in [-0.1, -0.05) is 6.07 Å². The van der Waals surface area contributed by atoms with Crippen LogP contribution in [-0.4, -0.2) is 20.7 Å². The number of halogens is 2. The van der Waals surface area contributed by atoms with E-state index >= 15 is 0 Å². The highest BCUT2D eigenvalue weighted by atomic mass is 19.1. The summed E-state index contributed by atoms with van der Waals surface area (Å²) >= 11 is 0. The van der Waals surface area contributed by atoms with Crippen molar-refractivity contribution in [2.75, 3.05) is 7.11 Å².